The van der Waals surface area contributed by atoms with Gasteiger partial charge in [-0.25, -0.2) is 4.98 Å². The van der Waals surface area contributed by atoms with Crippen LogP contribution in [0.4, 0.5) is 0 Å². The molecule has 2 aromatic rings. The van der Waals surface area contributed by atoms with E-state index in [1.54, 1.807) is 25.5 Å². The molecule has 0 saturated carbocycles. The van der Waals surface area contributed by atoms with Crippen LogP contribution in [0.2, 0.25) is 0 Å². The lowest BCUT2D eigenvalue weighted by molar-refractivity contribution is 0.414. The van der Waals surface area contributed by atoms with Gasteiger partial charge < -0.3 is 15.4 Å². The van der Waals surface area contributed by atoms with Crippen molar-refractivity contribution in [1.82, 2.24) is 15.6 Å². The van der Waals surface area contributed by atoms with Gasteiger partial charge >= 0.3 is 0 Å². The van der Waals surface area contributed by atoms with E-state index in [0.29, 0.717) is 6.54 Å². The maximum Gasteiger partial charge on any atom is 0.191 e. The molecule has 0 fully saturated rings. The smallest absolute Gasteiger partial charge is 0.191 e. The number of benzene rings is 1. The minimum atomic E-state index is 0.702. The van der Waals surface area contributed by atoms with Gasteiger partial charge in [-0.1, -0.05) is 19.1 Å². The zero-order chi connectivity index (χ0) is 17.4. The molecule has 0 bridgehead atoms. The number of guanidine groups is 1. The topological polar surface area (TPSA) is 58.5 Å². The van der Waals surface area contributed by atoms with E-state index in [1.165, 1.54) is 15.6 Å². The highest BCUT2D eigenvalue weighted by Gasteiger charge is 2.06. The molecule has 2 N–H and O–H groups in total. The third kappa shape index (κ3) is 5.23. The predicted octanol–water partition coefficient (Wildman–Crippen LogP) is 2.93. The standard InChI is InChI=1S/C18H26N4OS/c1-5-16-13(2)24-17(22-16)9-10-20-18(19-3)21-12-14-7-6-8-15(11-14)23-4/h6-8,11H,5,9-10,12H2,1-4H3,(H2,19,20,21). The number of ether oxygens (including phenoxy) is 1. The summed E-state index contributed by atoms with van der Waals surface area (Å²) in [6.45, 7) is 5.80. The molecule has 0 aliphatic carbocycles. The van der Waals surface area contributed by atoms with Gasteiger partial charge in [0, 0.05) is 31.4 Å². The Balaban J connectivity index is 1.79. The van der Waals surface area contributed by atoms with Crippen molar-refractivity contribution in [2.24, 2.45) is 4.99 Å². The Labute approximate surface area is 148 Å². The van der Waals surface area contributed by atoms with Crippen molar-refractivity contribution in [2.75, 3.05) is 20.7 Å². The van der Waals surface area contributed by atoms with Crippen molar-refractivity contribution in [3.8, 4) is 5.75 Å². The summed E-state index contributed by atoms with van der Waals surface area (Å²) < 4.78 is 5.24. The molecule has 0 unspecified atom stereocenters. The number of methoxy groups -OCH3 is 1. The first kappa shape index (κ1) is 18.3. The van der Waals surface area contributed by atoms with E-state index >= 15 is 0 Å². The Bertz CT molecular complexity index is 681. The predicted molar refractivity (Wildman–Crippen MR) is 101 cm³/mol. The number of rotatable bonds is 7. The van der Waals surface area contributed by atoms with Crippen LogP contribution in [0.1, 0.15) is 28.1 Å². The lowest BCUT2D eigenvalue weighted by Crippen LogP contribution is -2.37. The molecule has 2 rings (SSSR count). The maximum absolute atomic E-state index is 5.24. The molecule has 0 aliphatic rings. The van der Waals surface area contributed by atoms with Crippen LogP contribution in [0.3, 0.4) is 0 Å². The van der Waals surface area contributed by atoms with E-state index in [2.05, 4.69) is 40.5 Å². The zero-order valence-electron chi connectivity index (χ0n) is 14.8. The first-order valence-electron chi connectivity index (χ1n) is 8.18. The molecule has 0 saturated heterocycles. The van der Waals surface area contributed by atoms with Crippen molar-refractivity contribution < 1.29 is 4.74 Å². The van der Waals surface area contributed by atoms with Gasteiger partial charge in [0.15, 0.2) is 5.96 Å². The molecule has 1 aromatic heterocycles. The molecule has 0 aliphatic heterocycles. The molecule has 0 amide bonds. The molecule has 1 aromatic carbocycles. The van der Waals surface area contributed by atoms with E-state index < -0.39 is 0 Å². The molecule has 0 atom stereocenters. The summed E-state index contributed by atoms with van der Waals surface area (Å²) in [5, 5.41) is 7.84. The summed E-state index contributed by atoms with van der Waals surface area (Å²) >= 11 is 1.79. The maximum atomic E-state index is 5.24. The van der Waals surface area contributed by atoms with E-state index in [-0.39, 0.29) is 0 Å². The molecule has 24 heavy (non-hydrogen) atoms. The van der Waals surface area contributed by atoms with Gasteiger partial charge in [0.25, 0.3) is 0 Å². The number of nitrogens with zero attached hydrogens (tertiary/aromatic N) is 2. The van der Waals surface area contributed by atoms with Gasteiger partial charge in [-0.2, -0.15) is 0 Å². The van der Waals surface area contributed by atoms with E-state index in [0.717, 1.165) is 36.7 Å². The highest BCUT2D eigenvalue weighted by Crippen LogP contribution is 2.18. The fourth-order valence-corrected chi connectivity index (χ4v) is 3.42. The van der Waals surface area contributed by atoms with Crippen molar-refractivity contribution in [3.05, 3.63) is 45.4 Å². The van der Waals surface area contributed by atoms with Crippen LogP contribution in [0.25, 0.3) is 0 Å². The molecule has 130 valence electrons. The average Bonchev–Trinajstić information content (AvgIpc) is 2.97. The highest BCUT2D eigenvalue weighted by molar-refractivity contribution is 7.11. The number of thiazole rings is 1. The summed E-state index contributed by atoms with van der Waals surface area (Å²) in [5.41, 5.74) is 2.37. The summed E-state index contributed by atoms with van der Waals surface area (Å²) in [6.07, 6.45) is 1.91. The van der Waals surface area contributed by atoms with Gasteiger partial charge in [-0.15, -0.1) is 11.3 Å². The molecule has 5 nitrogen and oxygen atoms in total. The molecule has 0 radical (unpaired) electrons. The number of aliphatic imine (C=N–C) groups is 1. The van der Waals surface area contributed by atoms with Gasteiger partial charge in [-0.3, -0.25) is 4.99 Å². The Morgan fingerprint density at radius 3 is 2.83 bits per heavy atom. The largest absolute Gasteiger partial charge is 0.497 e. The SMILES string of the molecule is CCc1nc(CCNC(=NC)NCc2cccc(OC)c2)sc1C. The van der Waals surface area contributed by atoms with Gasteiger partial charge in [0.2, 0.25) is 0 Å². The van der Waals surface area contributed by atoms with E-state index in [4.69, 9.17) is 4.74 Å². The lowest BCUT2D eigenvalue weighted by Gasteiger charge is -2.12. The van der Waals surface area contributed by atoms with Gasteiger partial charge in [-0.05, 0) is 31.0 Å². The Morgan fingerprint density at radius 1 is 1.33 bits per heavy atom. The van der Waals surface area contributed by atoms with Crippen molar-refractivity contribution in [2.45, 2.75) is 33.2 Å². The van der Waals surface area contributed by atoms with Crippen LogP contribution in [-0.2, 0) is 19.4 Å². The lowest BCUT2D eigenvalue weighted by atomic mass is 10.2. The fourth-order valence-electron chi connectivity index (χ4n) is 2.40. The van der Waals surface area contributed by atoms with Crippen LogP contribution >= 0.6 is 11.3 Å². The number of aromatic nitrogens is 1. The van der Waals surface area contributed by atoms with Crippen molar-refractivity contribution in [1.29, 1.82) is 0 Å². The van der Waals surface area contributed by atoms with Crippen LogP contribution in [0.15, 0.2) is 29.3 Å². The number of aryl methyl sites for hydroxylation is 2. The summed E-state index contributed by atoms with van der Waals surface area (Å²) in [5.74, 6) is 1.66. The first-order chi connectivity index (χ1) is 11.7. The van der Waals surface area contributed by atoms with Crippen LogP contribution in [-0.4, -0.2) is 31.6 Å². The van der Waals surface area contributed by atoms with Gasteiger partial charge in [0.05, 0.1) is 17.8 Å². The first-order valence-corrected chi connectivity index (χ1v) is 9.00. The summed E-state index contributed by atoms with van der Waals surface area (Å²) in [6, 6.07) is 8.01. The summed E-state index contributed by atoms with van der Waals surface area (Å²) in [4.78, 5) is 10.3. The Morgan fingerprint density at radius 2 is 2.17 bits per heavy atom. The van der Waals surface area contributed by atoms with Gasteiger partial charge in [0.1, 0.15) is 5.75 Å². The highest BCUT2D eigenvalue weighted by atomic mass is 32.1. The second kappa shape index (κ2) is 9.27. The average molecular weight is 347 g/mol. The molecule has 0 spiro atoms. The second-order valence-electron chi connectivity index (χ2n) is 5.42. The van der Waals surface area contributed by atoms with Crippen molar-refractivity contribution >= 4 is 17.3 Å². The fraction of sp³-hybridized carbons (Fsp3) is 0.444. The molecular formula is C18H26N4OS. The minimum Gasteiger partial charge on any atom is -0.497 e. The Hall–Kier alpha value is -2.08. The van der Waals surface area contributed by atoms with Crippen LogP contribution < -0.4 is 15.4 Å². The minimum absolute atomic E-state index is 0.702. The monoisotopic (exact) mass is 346 g/mol. The molecule has 1 heterocycles. The number of nitrogens with one attached hydrogen (secondary N) is 2. The summed E-state index contributed by atoms with van der Waals surface area (Å²) in [7, 11) is 3.46. The normalized spacial score (nSPS) is 11.4. The second-order valence-corrected chi connectivity index (χ2v) is 6.71. The van der Waals surface area contributed by atoms with Crippen LogP contribution in [0.5, 0.6) is 5.75 Å². The quantitative estimate of drug-likeness (QED) is 0.598. The van der Waals surface area contributed by atoms with E-state index in [1.807, 2.05) is 18.2 Å². The zero-order valence-corrected chi connectivity index (χ0v) is 15.7. The van der Waals surface area contributed by atoms with Crippen LogP contribution in [0, 0.1) is 6.92 Å². The van der Waals surface area contributed by atoms with E-state index in [9.17, 15) is 0 Å². The number of hydrogen-bond acceptors (Lipinski definition) is 4. The van der Waals surface area contributed by atoms with Crippen molar-refractivity contribution in [3.63, 3.8) is 0 Å². The number of hydrogen-bond donors (Lipinski definition) is 2. The third-order valence-corrected chi connectivity index (χ3v) is 4.79. The molecular weight excluding hydrogens is 320 g/mol. The molecule has 6 heteroatoms. The Kier molecular flexibility index (Phi) is 7.06. The third-order valence-electron chi connectivity index (χ3n) is 3.72.